The zero-order valence-corrected chi connectivity index (χ0v) is 17.4. The Balaban J connectivity index is 1.52. The van der Waals surface area contributed by atoms with Crippen molar-refractivity contribution in [1.82, 2.24) is 20.5 Å². The molecule has 1 aromatic carbocycles. The average molecular weight is 384 g/mol. The Kier molecular flexibility index (Phi) is 7.48. The van der Waals surface area contributed by atoms with E-state index in [0.29, 0.717) is 18.4 Å². The maximum atomic E-state index is 5.63. The molecule has 1 fully saturated rings. The molecule has 2 N–H and O–H groups in total. The van der Waals surface area contributed by atoms with Crippen LogP contribution in [0.15, 0.2) is 39.9 Å². The van der Waals surface area contributed by atoms with E-state index >= 15 is 0 Å². The number of nitrogens with one attached hydrogen (secondary N) is 2. The maximum absolute atomic E-state index is 5.63. The summed E-state index contributed by atoms with van der Waals surface area (Å²) in [5.74, 6) is 2.06. The minimum atomic E-state index is 0.491. The molecule has 1 aromatic heterocycles. The fourth-order valence-electron chi connectivity index (χ4n) is 3.45. The Bertz CT molecular complexity index is 747. The van der Waals surface area contributed by atoms with E-state index in [1.165, 1.54) is 31.5 Å². The van der Waals surface area contributed by atoms with Crippen LogP contribution >= 0.6 is 0 Å². The van der Waals surface area contributed by atoms with Crippen molar-refractivity contribution < 1.29 is 4.42 Å². The number of benzene rings is 1. The lowest BCUT2D eigenvalue weighted by Gasteiger charge is -2.21. The van der Waals surface area contributed by atoms with Crippen molar-refractivity contribution in [2.24, 2.45) is 10.9 Å². The molecule has 0 amide bonds. The molecule has 2 heterocycles. The highest BCUT2D eigenvalue weighted by molar-refractivity contribution is 5.79. The number of oxazole rings is 1. The van der Waals surface area contributed by atoms with Crippen molar-refractivity contribution in [3.8, 4) is 11.5 Å². The summed E-state index contributed by atoms with van der Waals surface area (Å²) in [6, 6.07) is 8.19. The predicted octanol–water partition coefficient (Wildman–Crippen LogP) is 3.44. The summed E-state index contributed by atoms with van der Waals surface area (Å²) >= 11 is 0. The highest BCUT2D eigenvalue weighted by Crippen LogP contribution is 2.19. The molecule has 1 unspecified atom stereocenters. The van der Waals surface area contributed by atoms with E-state index in [4.69, 9.17) is 4.42 Å². The highest BCUT2D eigenvalue weighted by Gasteiger charge is 2.15. The van der Waals surface area contributed by atoms with E-state index in [9.17, 15) is 0 Å². The average Bonchev–Trinajstić information content (AvgIpc) is 3.37. The number of rotatable bonds is 8. The van der Waals surface area contributed by atoms with Crippen LogP contribution in [-0.4, -0.2) is 48.6 Å². The second kappa shape index (κ2) is 10.3. The van der Waals surface area contributed by atoms with Gasteiger partial charge in [-0.15, -0.1) is 0 Å². The number of likely N-dealkylation sites (tertiary alicyclic amines) is 1. The lowest BCUT2D eigenvalue weighted by molar-refractivity contribution is 0.287. The quantitative estimate of drug-likeness (QED) is 0.540. The number of guanidine groups is 1. The summed E-state index contributed by atoms with van der Waals surface area (Å²) < 4.78 is 5.63. The number of aromatic nitrogens is 1. The van der Waals surface area contributed by atoms with Crippen LogP contribution in [0.3, 0.4) is 0 Å². The molecular weight excluding hydrogens is 350 g/mol. The summed E-state index contributed by atoms with van der Waals surface area (Å²) in [6.45, 7) is 12.3. The van der Waals surface area contributed by atoms with Crippen LogP contribution in [0.2, 0.25) is 0 Å². The summed E-state index contributed by atoms with van der Waals surface area (Å²) in [6.07, 6.45) is 4.37. The van der Waals surface area contributed by atoms with Gasteiger partial charge in [-0.2, -0.15) is 0 Å². The van der Waals surface area contributed by atoms with Gasteiger partial charge in [-0.25, -0.2) is 9.98 Å². The summed E-state index contributed by atoms with van der Waals surface area (Å²) in [4.78, 5) is 11.8. The zero-order chi connectivity index (χ0) is 19.8. The molecule has 3 rings (SSSR count). The number of hydrogen-bond acceptors (Lipinski definition) is 4. The Morgan fingerprint density at radius 3 is 2.68 bits per heavy atom. The van der Waals surface area contributed by atoms with Crippen LogP contribution in [0.1, 0.15) is 37.9 Å². The molecule has 0 spiro atoms. The van der Waals surface area contributed by atoms with Crippen LogP contribution in [0.5, 0.6) is 0 Å². The smallest absolute Gasteiger partial charge is 0.226 e. The van der Waals surface area contributed by atoms with E-state index in [1.807, 2.05) is 12.1 Å². The van der Waals surface area contributed by atoms with Crippen molar-refractivity contribution in [3.05, 3.63) is 41.8 Å². The van der Waals surface area contributed by atoms with Gasteiger partial charge in [0.1, 0.15) is 12.0 Å². The predicted molar refractivity (Wildman–Crippen MR) is 114 cm³/mol. The highest BCUT2D eigenvalue weighted by atomic mass is 16.3. The van der Waals surface area contributed by atoms with Gasteiger partial charge in [-0.3, -0.25) is 0 Å². The van der Waals surface area contributed by atoms with Crippen LogP contribution in [0.25, 0.3) is 11.5 Å². The van der Waals surface area contributed by atoms with Gasteiger partial charge in [0, 0.05) is 25.2 Å². The summed E-state index contributed by atoms with van der Waals surface area (Å²) in [5, 5.41) is 6.78. The molecule has 0 bridgehead atoms. The zero-order valence-electron chi connectivity index (χ0n) is 17.4. The Hall–Kier alpha value is -2.34. The summed E-state index contributed by atoms with van der Waals surface area (Å²) in [5.41, 5.74) is 3.04. The van der Waals surface area contributed by atoms with Crippen molar-refractivity contribution in [3.63, 3.8) is 0 Å². The molecule has 0 radical (unpaired) electrons. The second-order valence-electron chi connectivity index (χ2n) is 7.70. The van der Waals surface area contributed by atoms with Gasteiger partial charge in [0.25, 0.3) is 0 Å². The van der Waals surface area contributed by atoms with Gasteiger partial charge in [-0.1, -0.05) is 24.6 Å². The van der Waals surface area contributed by atoms with E-state index in [2.05, 4.69) is 58.4 Å². The first-order valence-corrected chi connectivity index (χ1v) is 10.4. The van der Waals surface area contributed by atoms with Crippen molar-refractivity contribution in [2.45, 2.75) is 40.2 Å². The first-order chi connectivity index (χ1) is 13.6. The Morgan fingerprint density at radius 1 is 1.21 bits per heavy atom. The van der Waals surface area contributed by atoms with E-state index in [-0.39, 0.29) is 0 Å². The monoisotopic (exact) mass is 383 g/mol. The Morgan fingerprint density at radius 2 is 1.96 bits per heavy atom. The van der Waals surface area contributed by atoms with Gasteiger partial charge in [0.05, 0.1) is 6.54 Å². The first-order valence-electron chi connectivity index (χ1n) is 10.4. The third-order valence-electron chi connectivity index (χ3n) is 4.98. The van der Waals surface area contributed by atoms with E-state index in [0.717, 1.165) is 36.9 Å². The van der Waals surface area contributed by atoms with E-state index in [1.54, 1.807) is 6.26 Å². The van der Waals surface area contributed by atoms with Crippen LogP contribution in [0, 0.1) is 12.8 Å². The van der Waals surface area contributed by atoms with Crippen LogP contribution < -0.4 is 10.6 Å². The fourth-order valence-corrected chi connectivity index (χ4v) is 3.45. The van der Waals surface area contributed by atoms with Gasteiger partial charge in [0.15, 0.2) is 5.96 Å². The first kappa shape index (κ1) is 20.4. The third kappa shape index (κ3) is 6.09. The molecule has 152 valence electrons. The normalized spacial score (nSPS) is 16.3. The van der Waals surface area contributed by atoms with Gasteiger partial charge < -0.3 is 20.0 Å². The SMILES string of the molecule is CCNC(=NCc1coc(-c2ccc(C)cc2)n1)NCC(C)CN1CCCC1. The number of aryl methyl sites for hydroxylation is 1. The molecular formula is C22H33N5O. The molecule has 28 heavy (non-hydrogen) atoms. The summed E-state index contributed by atoms with van der Waals surface area (Å²) in [7, 11) is 0. The molecule has 6 nitrogen and oxygen atoms in total. The largest absolute Gasteiger partial charge is 0.444 e. The van der Waals surface area contributed by atoms with Crippen molar-refractivity contribution in [2.75, 3.05) is 32.7 Å². The number of aliphatic imine (C=N–C) groups is 1. The van der Waals surface area contributed by atoms with Gasteiger partial charge in [-0.05, 0) is 57.8 Å². The van der Waals surface area contributed by atoms with E-state index < -0.39 is 0 Å². The maximum Gasteiger partial charge on any atom is 0.226 e. The number of hydrogen-bond donors (Lipinski definition) is 2. The molecule has 6 heteroatoms. The molecule has 0 aliphatic carbocycles. The van der Waals surface area contributed by atoms with Crippen molar-refractivity contribution in [1.29, 1.82) is 0 Å². The molecule has 1 aliphatic heterocycles. The fraction of sp³-hybridized carbons (Fsp3) is 0.545. The Labute approximate surface area is 168 Å². The lowest BCUT2D eigenvalue weighted by Crippen LogP contribution is -2.41. The number of nitrogens with zero attached hydrogens (tertiary/aromatic N) is 3. The van der Waals surface area contributed by atoms with Gasteiger partial charge in [0.2, 0.25) is 5.89 Å². The molecule has 1 atom stereocenters. The second-order valence-corrected chi connectivity index (χ2v) is 7.70. The minimum Gasteiger partial charge on any atom is -0.444 e. The lowest BCUT2D eigenvalue weighted by atomic mass is 10.1. The topological polar surface area (TPSA) is 65.7 Å². The third-order valence-corrected chi connectivity index (χ3v) is 4.98. The molecule has 0 saturated carbocycles. The van der Waals surface area contributed by atoms with Crippen LogP contribution in [0.4, 0.5) is 0 Å². The molecule has 2 aromatic rings. The van der Waals surface area contributed by atoms with Crippen LogP contribution in [-0.2, 0) is 6.54 Å². The van der Waals surface area contributed by atoms with Crippen molar-refractivity contribution >= 4 is 5.96 Å². The molecule has 1 saturated heterocycles. The van der Waals surface area contributed by atoms with Gasteiger partial charge >= 0.3 is 0 Å². The standard InChI is InChI=1S/C22H33N5O/c1-4-23-22(24-13-18(3)15-27-11-5-6-12-27)25-14-20-16-28-21(26-20)19-9-7-17(2)8-10-19/h7-10,16,18H,4-6,11-15H2,1-3H3,(H2,23,24,25). The molecule has 1 aliphatic rings. The minimum absolute atomic E-state index is 0.491.